The molecule has 0 aromatic carbocycles. The Bertz CT molecular complexity index is 145. The van der Waals surface area contributed by atoms with E-state index in [1.165, 1.54) is 0 Å². The van der Waals surface area contributed by atoms with Crippen LogP contribution in [0.2, 0.25) is 0 Å². The lowest BCUT2D eigenvalue weighted by Gasteiger charge is -2.15. The second kappa shape index (κ2) is 2.35. The summed E-state index contributed by atoms with van der Waals surface area (Å²) in [6.45, 7) is 5.53. The highest BCUT2D eigenvalue weighted by atomic mass is 16.5. The first-order valence-corrected chi connectivity index (χ1v) is 3.76. The largest absolute Gasteiger partial charge is 0.365 e. The molecule has 2 nitrogen and oxygen atoms in total. The smallest absolute Gasteiger partial charge is 0.161 e. The van der Waals surface area contributed by atoms with Crippen LogP contribution in [-0.2, 0) is 9.53 Å². The van der Waals surface area contributed by atoms with E-state index in [1.807, 2.05) is 13.8 Å². The Kier molecular flexibility index (Phi) is 1.82. The van der Waals surface area contributed by atoms with E-state index in [0.29, 0.717) is 0 Å². The molecule has 0 amide bonds. The summed E-state index contributed by atoms with van der Waals surface area (Å²) in [5, 5.41) is 0. The van der Waals surface area contributed by atoms with Crippen LogP contribution in [0.3, 0.4) is 0 Å². The Morgan fingerprint density at radius 3 is 2.10 bits per heavy atom. The number of rotatable bonds is 3. The SMILES string of the molecule is CC(=O)C1(OC(C)C)CC1. The number of hydrogen-bond donors (Lipinski definition) is 0. The van der Waals surface area contributed by atoms with Crippen molar-refractivity contribution >= 4 is 5.78 Å². The summed E-state index contributed by atoms with van der Waals surface area (Å²) in [5.74, 6) is 0.182. The van der Waals surface area contributed by atoms with Gasteiger partial charge >= 0.3 is 0 Å². The molecule has 58 valence electrons. The van der Waals surface area contributed by atoms with Gasteiger partial charge < -0.3 is 4.74 Å². The molecule has 0 N–H and O–H groups in total. The second-order valence-electron chi connectivity index (χ2n) is 3.22. The quantitative estimate of drug-likeness (QED) is 0.597. The van der Waals surface area contributed by atoms with Gasteiger partial charge in [0.15, 0.2) is 5.78 Å². The van der Waals surface area contributed by atoms with Gasteiger partial charge in [-0.25, -0.2) is 0 Å². The van der Waals surface area contributed by atoms with Gasteiger partial charge in [0.25, 0.3) is 0 Å². The van der Waals surface area contributed by atoms with Crippen molar-refractivity contribution in [2.24, 2.45) is 0 Å². The maximum atomic E-state index is 10.9. The van der Waals surface area contributed by atoms with Gasteiger partial charge in [-0.3, -0.25) is 4.79 Å². The van der Waals surface area contributed by atoms with Crippen LogP contribution < -0.4 is 0 Å². The van der Waals surface area contributed by atoms with E-state index in [9.17, 15) is 4.79 Å². The molecule has 0 aromatic rings. The van der Waals surface area contributed by atoms with Crippen LogP contribution in [0.5, 0.6) is 0 Å². The fourth-order valence-corrected chi connectivity index (χ4v) is 1.12. The van der Waals surface area contributed by atoms with Crippen molar-refractivity contribution in [2.75, 3.05) is 0 Å². The number of carbonyl (C=O) groups is 1. The first-order chi connectivity index (χ1) is 4.57. The molecule has 0 spiro atoms. The molecule has 0 aromatic heterocycles. The van der Waals surface area contributed by atoms with Gasteiger partial charge in [-0.05, 0) is 33.6 Å². The first-order valence-electron chi connectivity index (χ1n) is 3.76. The molecule has 1 fully saturated rings. The fraction of sp³-hybridized carbons (Fsp3) is 0.875. The van der Waals surface area contributed by atoms with Gasteiger partial charge in [-0.2, -0.15) is 0 Å². The number of Topliss-reactive ketones (excluding diaryl/α,β-unsaturated/α-hetero) is 1. The molecular formula is C8H14O2. The Balaban J connectivity index is 2.45. The normalized spacial score (nSPS) is 21.2. The van der Waals surface area contributed by atoms with Crippen LogP contribution in [0.1, 0.15) is 33.6 Å². The molecule has 0 bridgehead atoms. The highest BCUT2D eigenvalue weighted by Gasteiger charge is 2.49. The average molecular weight is 142 g/mol. The van der Waals surface area contributed by atoms with Gasteiger partial charge in [-0.1, -0.05) is 0 Å². The van der Waals surface area contributed by atoms with Crippen LogP contribution in [0.25, 0.3) is 0 Å². The van der Waals surface area contributed by atoms with E-state index >= 15 is 0 Å². The molecule has 1 saturated carbocycles. The minimum absolute atomic E-state index is 0.173. The van der Waals surface area contributed by atoms with Crippen molar-refractivity contribution in [2.45, 2.75) is 45.3 Å². The molecule has 1 rings (SSSR count). The molecule has 0 unspecified atom stereocenters. The van der Waals surface area contributed by atoms with Crippen molar-refractivity contribution in [3.05, 3.63) is 0 Å². The Morgan fingerprint density at radius 1 is 1.50 bits per heavy atom. The molecule has 1 aliphatic rings. The Labute approximate surface area is 61.6 Å². The van der Waals surface area contributed by atoms with E-state index in [1.54, 1.807) is 6.92 Å². The third-order valence-corrected chi connectivity index (χ3v) is 1.81. The van der Waals surface area contributed by atoms with Crippen LogP contribution in [0, 0.1) is 0 Å². The molecule has 0 radical (unpaired) electrons. The summed E-state index contributed by atoms with van der Waals surface area (Å²) < 4.78 is 5.46. The van der Waals surface area contributed by atoms with Crippen molar-refractivity contribution in [1.29, 1.82) is 0 Å². The van der Waals surface area contributed by atoms with Gasteiger partial charge in [0.05, 0.1) is 6.10 Å². The summed E-state index contributed by atoms with van der Waals surface area (Å²) in [4.78, 5) is 10.9. The van der Waals surface area contributed by atoms with Crippen LogP contribution >= 0.6 is 0 Å². The highest BCUT2D eigenvalue weighted by Crippen LogP contribution is 2.41. The molecule has 0 aliphatic heterocycles. The van der Waals surface area contributed by atoms with Crippen molar-refractivity contribution < 1.29 is 9.53 Å². The number of ketones is 1. The van der Waals surface area contributed by atoms with E-state index in [4.69, 9.17) is 4.74 Å². The highest BCUT2D eigenvalue weighted by molar-refractivity contribution is 5.87. The zero-order chi connectivity index (χ0) is 7.78. The van der Waals surface area contributed by atoms with Gasteiger partial charge in [0, 0.05) is 0 Å². The van der Waals surface area contributed by atoms with E-state index in [0.717, 1.165) is 12.8 Å². The predicted octanol–water partition coefficient (Wildman–Crippen LogP) is 1.53. The number of carbonyl (C=O) groups excluding carboxylic acids is 1. The first kappa shape index (κ1) is 7.73. The standard InChI is InChI=1S/C8H14O2/c1-6(2)10-8(4-5-8)7(3)9/h6H,4-5H2,1-3H3. The summed E-state index contributed by atoms with van der Waals surface area (Å²) in [6, 6.07) is 0. The molecule has 2 heteroatoms. The maximum absolute atomic E-state index is 10.9. The van der Waals surface area contributed by atoms with E-state index < -0.39 is 0 Å². The van der Waals surface area contributed by atoms with E-state index in [-0.39, 0.29) is 17.5 Å². The Hall–Kier alpha value is -0.370. The Morgan fingerprint density at radius 2 is 2.00 bits per heavy atom. The molecule has 1 aliphatic carbocycles. The minimum Gasteiger partial charge on any atom is -0.365 e. The van der Waals surface area contributed by atoms with Crippen molar-refractivity contribution in [3.8, 4) is 0 Å². The second-order valence-corrected chi connectivity index (χ2v) is 3.22. The van der Waals surface area contributed by atoms with Crippen LogP contribution in [0.15, 0.2) is 0 Å². The molecule has 0 atom stereocenters. The average Bonchev–Trinajstić information content (AvgIpc) is 2.46. The third kappa shape index (κ3) is 1.37. The summed E-state index contributed by atoms with van der Waals surface area (Å²) in [7, 11) is 0. The van der Waals surface area contributed by atoms with Gasteiger partial charge in [0.1, 0.15) is 5.60 Å². The van der Waals surface area contributed by atoms with Crippen LogP contribution in [-0.4, -0.2) is 17.5 Å². The minimum atomic E-state index is -0.367. The summed E-state index contributed by atoms with van der Waals surface area (Å²) in [5.41, 5.74) is -0.367. The lowest BCUT2D eigenvalue weighted by molar-refractivity contribution is -0.134. The molecular weight excluding hydrogens is 128 g/mol. The van der Waals surface area contributed by atoms with Crippen LogP contribution in [0.4, 0.5) is 0 Å². The van der Waals surface area contributed by atoms with Gasteiger partial charge in [-0.15, -0.1) is 0 Å². The number of ether oxygens (including phenoxy) is 1. The molecule has 0 saturated heterocycles. The molecule has 0 heterocycles. The van der Waals surface area contributed by atoms with E-state index in [2.05, 4.69) is 0 Å². The topological polar surface area (TPSA) is 26.3 Å². The lowest BCUT2D eigenvalue weighted by atomic mass is 10.2. The fourth-order valence-electron chi connectivity index (χ4n) is 1.12. The third-order valence-electron chi connectivity index (χ3n) is 1.81. The maximum Gasteiger partial charge on any atom is 0.161 e. The zero-order valence-electron chi connectivity index (χ0n) is 6.81. The monoisotopic (exact) mass is 142 g/mol. The summed E-state index contributed by atoms with van der Waals surface area (Å²) >= 11 is 0. The van der Waals surface area contributed by atoms with Gasteiger partial charge in [0.2, 0.25) is 0 Å². The predicted molar refractivity (Wildman–Crippen MR) is 38.9 cm³/mol. The summed E-state index contributed by atoms with van der Waals surface area (Å²) in [6.07, 6.45) is 2.01. The number of hydrogen-bond acceptors (Lipinski definition) is 2. The van der Waals surface area contributed by atoms with Crippen molar-refractivity contribution in [1.82, 2.24) is 0 Å². The zero-order valence-corrected chi connectivity index (χ0v) is 6.81. The lowest BCUT2D eigenvalue weighted by Crippen LogP contribution is -2.26. The van der Waals surface area contributed by atoms with Crippen molar-refractivity contribution in [3.63, 3.8) is 0 Å². The molecule has 10 heavy (non-hydrogen) atoms.